The van der Waals surface area contributed by atoms with Gasteiger partial charge in [-0.3, -0.25) is 4.68 Å². The molecule has 0 amide bonds. The van der Waals surface area contributed by atoms with Crippen molar-refractivity contribution in [1.29, 1.82) is 0 Å². The summed E-state index contributed by atoms with van der Waals surface area (Å²) in [5.41, 5.74) is 3.39. The number of aryl methyl sites for hydroxylation is 3. The maximum Gasteiger partial charge on any atom is 0.0702 e. The Morgan fingerprint density at radius 1 is 1.21 bits per heavy atom. The van der Waals surface area contributed by atoms with Gasteiger partial charge in [0.05, 0.1) is 12.8 Å². The number of aliphatic hydroxyl groups is 1. The molecule has 0 unspecified atom stereocenters. The van der Waals surface area contributed by atoms with Crippen LogP contribution in [-0.4, -0.2) is 19.5 Å². The summed E-state index contributed by atoms with van der Waals surface area (Å²) >= 11 is 0. The summed E-state index contributed by atoms with van der Waals surface area (Å²) in [6, 6.07) is 8.19. The first-order valence-corrected chi connectivity index (χ1v) is 6.43. The van der Waals surface area contributed by atoms with E-state index in [4.69, 9.17) is 0 Å². The van der Waals surface area contributed by atoms with Gasteiger partial charge in [0.25, 0.3) is 0 Å². The van der Waals surface area contributed by atoms with E-state index in [1.54, 1.807) is 0 Å². The van der Waals surface area contributed by atoms with Gasteiger partial charge in [0.15, 0.2) is 0 Å². The third kappa shape index (κ3) is 2.27. The molecule has 0 radical (unpaired) electrons. The zero-order chi connectivity index (χ0) is 13.2. The fraction of sp³-hybridized carbons (Fsp3) is 0.267. The van der Waals surface area contributed by atoms with Crippen LogP contribution in [0.15, 0.2) is 42.9 Å². The van der Waals surface area contributed by atoms with E-state index < -0.39 is 0 Å². The third-order valence-corrected chi connectivity index (χ3v) is 3.44. The van der Waals surface area contributed by atoms with Crippen LogP contribution in [0.2, 0.25) is 0 Å². The van der Waals surface area contributed by atoms with Crippen molar-refractivity contribution in [2.75, 3.05) is 0 Å². The Labute approximate surface area is 111 Å². The fourth-order valence-electron chi connectivity index (χ4n) is 2.48. The number of hydrogen-bond donors (Lipinski definition) is 1. The van der Waals surface area contributed by atoms with E-state index in [0.29, 0.717) is 0 Å². The van der Waals surface area contributed by atoms with Crippen LogP contribution in [0.3, 0.4) is 0 Å². The summed E-state index contributed by atoms with van der Waals surface area (Å²) in [4.78, 5) is 0. The molecule has 0 fully saturated rings. The highest BCUT2D eigenvalue weighted by Gasteiger charge is 2.07. The Morgan fingerprint density at radius 2 is 2.05 bits per heavy atom. The van der Waals surface area contributed by atoms with Gasteiger partial charge in [0, 0.05) is 42.5 Å². The lowest BCUT2D eigenvalue weighted by Gasteiger charge is -2.03. The average molecular weight is 255 g/mol. The van der Waals surface area contributed by atoms with Crippen molar-refractivity contribution in [2.45, 2.75) is 19.6 Å². The number of para-hydroxylation sites is 1. The van der Waals surface area contributed by atoms with E-state index in [0.717, 1.165) is 23.9 Å². The second kappa shape index (κ2) is 4.90. The molecule has 3 rings (SSSR count). The summed E-state index contributed by atoms with van der Waals surface area (Å²) in [6.45, 7) is 0.979. The number of aliphatic hydroxyl groups excluding tert-OH is 1. The predicted octanol–water partition coefficient (Wildman–Crippen LogP) is 2.11. The number of aromatic nitrogens is 3. The summed E-state index contributed by atoms with van der Waals surface area (Å²) in [7, 11) is 1.93. The highest BCUT2D eigenvalue weighted by molar-refractivity contribution is 5.83. The topological polar surface area (TPSA) is 43.0 Å². The molecule has 0 bridgehead atoms. The van der Waals surface area contributed by atoms with Crippen molar-refractivity contribution >= 4 is 10.9 Å². The number of fused-ring (bicyclic) bond motifs is 1. The first-order chi connectivity index (χ1) is 9.28. The van der Waals surface area contributed by atoms with Gasteiger partial charge in [-0.25, -0.2) is 0 Å². The molecule has 3 aromatic rings. The first kappa shape index (κ1) is 12.0. The summed E-state index contributed by atoms with van der Waals surface area (Å²) < 4.78 is 4.02. The average Bonchev–Trinajstić information content (AvgIpc) is 3.00. The Hall–Kier alpha value is -2.07. The van der Waals surface area contributed by atoms with Crippen LogP contribution in [0.1, 0.15) is 11.1 Å². The molecule has 0 atom stereocenters. The van der Waals surface area contributed by atoms with Crippen LogP contribution in [0, 0.1) is 0 Å². The molecule has 4 nitrogen and oxygen atoms in total. The number of rotatable bonds is 4. The van der Waals surface area contributed by atoms with Crippen molar-refractivity contribution < 1.29 is 5.11 Å². The lowest BCUT2D eigenvalue weighted by atomic mass is 10.2. The number of benzene rings is 1. The maximum absolute atomic E-state index is 9.41. The minimum absolute atomic E-state index is 0.0837. The van der Waals surface area contributed by atoms with Crippen LogP contribution < -0.4 is 0 Å². The molecule has 0 aliphatic carbocycles. The van der Waals surface area contributed by atoms with Crippen LogP contribution in [-0.2, 0) is 26.6 Å². The van der Waals surface area contributed by atoms with Crippen molar-refractivity contribution in [3.63, 3.8) is 0 Å². The smallest absolute Gasteiger partial charge is 0.0702 e. The van der Waals surface area contributed by atoms with Gasteiger partial charge in [-0.1, -0.05) is 18.2 Å². The van der Waals surface area contributed by atoms with Crippen LogP contribution in [0.4, 0.5) is 0 Å². The van der Waals surface area contributed by atoms with Gasteiger partial charge in [0.2, 0.25) is 0 Å². The molecule has 0 spiro atoms. The van der Waals surface area contributed by atoms with Crippen LogP contribution in [0.25, 0.3) is 10.9 Å². The zero-order valence-corrected chi connectivity index (χ0v) is 11.0. The molecule has 0 saturated carbocycles. The second-order valence-electron chi connectivity index (χ2n) is 4.80. The fourth-order valence-corrected chi connectivity index (χ4v) is 2.48. The number of hydrogen-bond acceptors (Lipinski definition) is 2. The molecular weight excluding hydrogens is 238 g/mol. The van der Waals surface area contributed by atoms with Crippen LogP contribution in [0.5, 0.6) is 0 Å². The second-order valence-corrected chi connectivity index (χ2v) is 4.80. The van der Waals surface area contributed by atoms with E-state index in [2.05, 4.69) is 21.8 Å². The monoisotopic (exact) mass is 255 g/mol. The summed E-state index contributed by atoms with van der Waals surface area (Å²) in [5.74, 6) is 0. The molecule has 1 aromatic carbocycles. The van der Waals surface area contributed by atoms with Gasteiger partial charge in [-0.05, 0) is 18.1 Å². The lowest BCUT2D eigenvalue weighted by molar-refractivity contribution is 0.283. The molecule has 1 N–H and O–H groups in total. The Bertz CT molecular complexity index is 696. The Morgan fingerprint density at radius 3 is 2.79 bits per heavy atom. The minimum atomic E-state index is 0.0837. The van der Waals surface area contributed by atoms with Crippen molar-refractivity contribution in [3.8, 4) is 0 Å². The molecule has 2 heterocycles. The molecular formula is C15H17N3O. The largest absolute Gasteiger partial charge is 0.392 e. The molecule has 0 saturated heterocycles. The third-order valence-electron chi connectivity index (χ3n) is 3.44. The van der Waals surface area contributed by atoms with Gasteiger partial charge >= 0.3 is 0 Å². The van der Waals surface area contributed by atoms with E-state index in [1.807, 2.05) is 42.5 Å². The normalized spacial score (nSPS) is 11.3. The highest BCUT2D eigenvalue weighted by Crippen LogP contribution is 2.21. The van der Waals surface area contributed by atoms with Gasteiger partial charge in [-0.2, -0.15) is 5.10 Å². The standard InChI is InChI=1S/C15H17N3O/c1-17-9-12(8-16-17)6-7-18-10-13(11-19)14-4-2-3-5-15(14)18/h2-5,8-10,19H,6-7,11H2,1H3. The Balaban J connectivity index is 1.88. The maximum atomic E-state index is 9.41. The van der Waals surface area contributed by atoms with Gasteiger partial charge in [-0.15, -0.1) is 0 Å². The van der Waals surface area contributed by atoms with Crippen LogP contribution >= 0.6 is 0 Å². The minimum Gasteiger partial charge on any atom is -0.392 e. The quantitative estimate of drug-likeness (QED) is 0.776. The molecule has 19 heavy (non-hydrogen) atoms. The zero-order valence-electron chi connectivity index (χ0n) is 11.0. The molecule has 0 aliphatic heterocycles. The van der Waals surface area contributed by atoms with E-state index in [-0.39, 0.29) is 6.61 Å². The van der Waals surface area contributed by atoms with E-state index >= 15 is 0 Å². The van der Waals surface area contributed by atoms with Gasteiger partial charge in [0.1, 0.15) is 0 Å². The van der Waals surface area contributed by atoms with Crippen molar-refractivity contribution in [3.05, 3.63) is 54.0 Å². The molecule has 4 heteroatoms. The summed E-state index contributed by atoms with van der Waals surface area (Å²) in [5, 5.41) is 14.7. The summed E-state index contributed by atoms with van der Waals surface area (Å²) in [6.07, 6.45) is 6.93. The SMILES string of the molecule is Cn1cc(CCn2cc(CO)c3ccccc32)cn1. The van der Waals surface area contributed by atoms with Crippen molar-refractivity contribution in [2.24, 2.45) is 7.05 Å². The lowest BCUT2D eigenvalue weighted by Crippen LogP contribution is -1.99. The highest BCUT2D eigenvalue weighted by atomic mass is 16.3. The molecule has 2 aromatic heterocycles. The number of nitrogens with zero attached hydrogens (tertiary/aromatic N) is 3. The predicted molar refractivity (Wildman–Crippen MR) is 74.8 cm³/mol. The molecule has 98 valence electrons. The molecule has 0 aliphatic rings. The van der Waals surface area contributed by atoms with E-state index in [1.165, 1.54) is 11.1 Å². The van der Waals surface area contributed by atoms with Crippen molar-refractivity contribution in [1.82, 2.24) is 14.3 Å². The van der Waals surface area contributed by atoms with E-state index in [9.17, 15) is 5.11 Å². The van der Waals surface area contributed by atoms with Gasteiger partial charge < -0.3 is 9.67 Å². The first-order valence-electron chi connectivity index (χ1n) is 6.43. The Kier molecular flexibility index (Phi) is 3.09.